The van der Waals surface area contributed by atoms with Crippen LogP contribution in [0.1, 0.15) is 0 Å². The largest absolute Gasteiger partial charge is 0.293 e. The molecule has 0 fully saturated rings. The zero-order valence-corrected chi connectivity index (χ0v) is 9.17. The van der Waals surface area contributed by atoms with Crippen LogP contribution in [-0.2, 0) is 4.79 Å². The summed E-state index contributed by atoms with van der Waals surface area (Å²) in [6, 6.07) is 0. The quantitative estimate of drug-likeness (QED) is 0.705. The fourth-order valence-electron chi connectivity index (χ4n) is 1.81. The Hall–Kier alpha value is -1.28. The maximum Gasteiger partial charge on any atom is 0.172 e. The van der Waals surface area contributed by atoms with Gasteiger partial charge >= 0.3 is 0 Å². The number of fused-ring (bicyclic) bond motifs is 1. The van der Waals surface area contributed by atoms with E-state index < -0.39 is 0 Å². The summed E-state index contributed by atoms with van der Waals surface area (Å²) in [5, 5.41) is 0.221. The Labute approximate surface area is 93.9 Å². The van der Waals surface area contributed by atoms with E-state index in [2.05, 4.69) is 19.2 Å². The summed E-state index contributed by atoms with van der Waals surface area (Å²) >= 11 is 1.68. The van der Waals surface area contributed by atoms with Gasteiger partial charge in [-0.15, -0.1) is 11.8 Å². The smallest absolute Gasteiger partial charge is 0.172 e. The van der Waals surface area contributed by atoms with Gasteiger partial charge in [0.2, 0.25) is 0 Å². The predicted octanol–water partition coefficient (Wildman–Crippen LogP) is 3.04. The van der Waals surface area contributed by atoms with Crippen LogP contribution in [0.3, 0.4) is 0 Å². The van der Waals surface area contributed by atoms with Crippen LogP contribution in [0, 0.1) is 5.92 Å². The fourth-order valence-corrected chi connectivity index (χ4v) is 3.04. The summed E-state index contributed by atoms with van der Waals surface area (Å²) in [6.07, 6.45) is 11.3. The van der Waals surface area contributed by atoms with Crippen molar-refractivity contribution in [1.29, 1.82) is 0 Å². The molecule has 1 nitrogen and oxygen atoms in total. The minimum atomic E-state index is -0.0308. The molecule has 2 heteroatoms. The fraction of sp³-hybridized carbons (Fsp3) is 0.154. The molecule has 0 N–H and O–H groups in total. The summed E-state index contributed by atoms with van der Waals surface area (Å²) in [6.45, 7) is 7.42. The lowest BCUT2D eigenvalue weighted by Crippen LogP contribution is -2.29. The lowest BCUT2D eigenvalue weighted by molar-refractivity contribution is -0.117. The SMILES string of the molecule is C=CC1=C(C=C)C(=O)C2C=CC=CC2S1. The maximum atomic E-state index is 12.1. The van der Waals surface area contributed by atoms with Gasteiger partial charge in [-0.1, -0.05) is 49.6 Å². The van der Waals surface area contributed by atoms with Gasteiger partial charge in [0.25, 0.3) is 0 Å². The monoisotopic (exact) mass is 216 g/mol. The number of rotatable bonds is 2. The van der Waals surface area contributed by atoms with Crippen LogP contribution in [0.2, 0.25) is 0 Å². The molecule has 1 aliphatic carbocycles. The van der Waals surface area contributed by atoms with Gasteiger partial charge in [-0.3, -0.25) is 4.79 Å². The van der Waals surface area contributed by atoms with Gasteiger partial charge in [-0.2, -0.15) is 0 Å². The van der Waals surface area contributed by atoms with Crippen LogP contribution >= 0.6 is 11.8 Å². The molecule has 0 radical (unpaired) electrons. The van der Waals surface area contributed by atoms with Crippen LogP contribution in [0.15, 0.2) is 60.1 Å². The van der Waals surface area contributed by atoms with Crippen molar-refractivity contribution >= 4 is 17.5 Å². The van der Waals surface area contributed by atoms with Crippen molar-refractivity contribution in [1.82, 2.24) is 0 Å². The van der Waals surface area contributed by atoms with Gasteiger partial charge in [0, 0.05) is 15.7 Å². The zero-order valence-electron chi connectivity index (χ0n) is 8.35. The van der Waals surface area contributed by atoms with Crippen molar-refractivity contribution in [2.45, 2.75) is 5.25 Å². The van der Waals surface area contributed by atoms with Crippen LogP contribution in [0.5, 0.6) is 0 Å². The van der Waals surface area contributed by atoms with Crippen molar-refractivity contribution in [3.8, 4) is 0 Å². The molecule has 1 heterocycles. The van der Waals surface area contributed by atoms with Crippen LogP contribution in [-0.4, -0.2) is 11.0 Å². The molecule has 1 aliphatic heterocycles. The number of hydrogen-bond donors (Lipinski definition) is 0. The molecule has 2 rings (SSSR count). The number of thioether (sulfide) groups is 1. The van der Waals surface area contributed by atoms with Crippen LogP contribution in [0.25, 0.3) is 0 Å². The van der Waals surface area contributed by atoms with E-state index in [1.807, 2.05) is 18.2 Å². The molecule has 2 unspecified atom stereocenters. The summed E-state index contributed by atoms with van der Waals surface area (Å²) in [5.74, 6) is 0.126. The first kappa shape index (κ1) is 10.2. The third kappa shape index (κ3) is 1.65. The Balaban J connectivity index is 2.45. The number of ketones is 1. The first-order valence-electron chi connectivity index (χ1n) is 4.83. The van der Waals surface area contributed by atoms with Crippen molar-refractivity contribution in [3.05, 3.63) is 60.1 Å². The molecule has 0 aromatic rings. The Kier molecular flexibility index (Phi) is 2.78. The van der Waals surface area contributed by atoms with Crippen LogP contribution in [0.4, 0.5) is 0 Å². The molecule has 0 aromatic carbocycles. The summed E-state index contributed by atoms with van der Waals surface area (Å²) in [4.78, 5) is 13.0. The molecule has 0 amide bonds. The van der Waals surface area contributed by atoms with Gasteiger partial charge in [-0.05, 0) is 0 Å². The molecular weight excluding hydrogens is 204 g/mol. The molecule has 0 saturated carbocycles. The molecule has 0 spiro atoms. The molecule has 0 bridgehead atoms. The molecule has 76 valence electrons. The van der Waals surface area contributed by atoms with E-state index in [-0.39, 0.29) is 17.0 Å². The van der Waals surface area contributed by atoms with Crippen molar-refractivity contribution in [3.63, 3.8) is 0 Å². The molecule has 15 heavy (non-hydrogen) atoms. The van der Waals surface area contributed by atoms with Crippen molar-refractivity contribution < 1.29 is 4.79 Å². The lowest BCUT2D eigenvalue weighted by Gasteiger charge is -2.28. The van der Waals surface area contributed by atoms with Gasteiger partial charge in [0.1, 0.15) is 0 Å². The molecule has 0 saturated heterocycles. The lowest BCUT2D eigenvalue weighted by atomic mass is 9.90. The Morgan fingerprint density at radius 3 is 2.60 bits per heavy atom. The second kappa shape index (κ2) is 4.07. The molecule has 2 atom stereocenters. The molecular formula is C13H12OS. The minimum Gasteiger partial charge on any atom is -0.293 e. The van der Waals surface area contributed by atoms with E-state index in [4.69, 9.17) is 0 Å². The minimum absolute atomic E-state index is 0.0308. The zero-order chi connectivity index (χ0) is 10.8. The number of carbonyl (C=O) groups is 1. The van der Waals surface area contributed by atoms with E-state index in [1.165, 1.54) is 0 Å². The number of allylic oxidation sites excluding steroid dienone is 6. The van der Waals surface area contributed by atoms with Gasteiger partial charge in [0.15, 0.2) is 5.78 Å². The highest BCUT2D eigenvalue weighted by molar-refractivity contribution is 8.04. The summed E-state index contributed by atoms with van der Waals surface area (Å²) in [7, 11) is 0. The second-order valence-corrected chi connectivity index (χ2v) is 4.65. The maximum absolute atomic E-state index is 12.1. The third-order valence-corrected chi connectivity index (χ3v) is 3.93. The predicted molar refractivity (Wildman–Crippen MR) is 65.6 cm³/mol. The first-order chi connectivity index (χ1) is 7.27. The number of Topliss-reactive ketones (excluding diaryl/α,β-unsaturated/α-hetero) is 1. The normalized spacial score (nSPS) is 28.9. The average Bonchev–Trinajstić information content (AvgIpc) is 2.29. The highest BCUT2D eigenvalue weighted by Crippen LogP contribution is 2.40. The molecule has 0 aromatic heterocycles. The van der Waals surface area contributed by atoms with E-state index in [9.17, 15) is 4.79 Å². The van der Waals surface area contributed by atoms with E-state index in [0.29, 0.717) is 5.57 Å². The van der Waals surface area contributed by atoms with Gasteiger partial charge in [0.05, 0.1) is 5.92 Å². The Morgan fingerprint density at radius 2 is 1.93 bits per heavy atom. The third-order valence-electron chi connectivity index (χ3n) is 2.57. The van der Waals surface area contributed by atoms with E-state index in [1.54, 1.807) is 23.9 Å². The highest BCUT2D eigenvalue weighted by Gasteiger charge is 2.33. The van der Waals surface area contributed by atoms with E-state index in [0.717, 1.165) is 4.91 Å². The van der Waals surface area contributed by atoms with Crippen molar-refractivity contribution in [2.24, 2.45) is 5.92 Å². The topological polar surface area (TPSA) is 17.1 Å². The van der Waals surface area contributed by atoms with Crippen LogP contribution < -0.4 is 0 Å². The summed E-state index contributed by atoms with van der Waals surface area (Å²) in [5.41, 5.74) is 0.705. The standard InChI is InChI=1S/C13H12OS/c1-3-9-11(4-2)15-12-8-6-5-7-10(12)13(9)14/h3-8,10,12H,1-2H2. The second-order valence-electron chi connectivity index (χ2n) is 3.43. The summed E-state index contributed by atoms with van der Waals surface area (Å²) < 4.78 is 0. The molecule has 2 aliphatic rings. The average molecular weight is 216 g/mol. The first-order valence-corrected chi connectivity index (χ1v) is 5.71. The van der Waals surface area contributed by atoms with Gasteiger partial charge < -0.3 is 0 Å². The number of carbonyl (C=O) groups excluding carboxylic acids is 1. The van der Waals surface area contributed by atoms with Gasteiger partial charge in [-0.25, -0.2) is 0 Å². The Bertz CT molecular complexity index is 412. The van der Waals surface area contributed by atoms with E-state index >= 15 is 0 Å². The van der Waals surface area contributed by atoms with Crippen molar-refractivity contribution in [2.75, 3.05) is 0 Å². The number of hydrogen-bond acceptors (Lipinski definition) is 2. The Morgan fingerprint density at radius 1 is 1.20 bits per heavy atom. The highest BCUT2D eigenvalue weighted by atomic mass is 32.2.